The van der Waals surface area contributed by atoms with Crippen LogP contribution in [0.25, 0.3) is 0 Å². The van der Waals surface area contributed by atoms with Crippen LogP contribution in [0, 0.1) is 5.92 Å². The molecule has 2 unspecified atom stereocenters. The summed E-state index contributed by atoms with van der Waals surface area (Å²) in [5, 5.41) is 2.78. The summed E-state index contributed by atoms with van der Waals surface area (Å²) in [6.07, 6.45) is 1.66. The lowest BCUT2D eigenvalue weighted by atomic mass is 9.93. The van der Waals surface area contributed by atoms with E-state index >= 15 is 0 Å². The molecule has 1 heterocycles. The average molecular weight is 226 g/mol. The van der Waals surface area contributed by atoms with Gasteiger partial charge in [-0.2, -0.15) is 0 Å². The van der Waals surface area contributed by atoms with E-state index in [-0.39, 0.29) is 18.4 Å². The molecule has 1 rings (SSSR count). The molecule has 0 aromatic carbocycles. The van der Waals surface area contributed by atoms with Crippen LogP contribution in [0.2, 0.25) is 0 Å². The van der Waals surface area contributed by atoms with E-state index in [2.05, 4.69) is 19.2 Å². The molecule has 0 aromatic heterocycles. The second-order valence-corrected chi connectivity index (χ2v) is 4.93. The zero-order valence-electron chi connectivity index (χ0n) is 10.7. The lowest BCUT2D eigenvalue weighted by molar-refractivity contribution is -0.149. The van der Waals surface area contributed by atoms with Gasteiger partial charge in [-0.3, -0.25) is 9.59 Å². The Morgan fingerprint density at radius 3 is 2.56 bits per heavy atom. The molecule has 1 fully saturated rings. The van der Waals surface area contributed by atoms with Crippen molar-refractivity contribution in [3.63, 3.8) is 0 Å². The Labute approximate surface area is 97.4 Å². The highest BCUT2D eigenvalue weighted by atomic mass is 16.2. The number of nitrogens with zero attached hydrogens (tertiary/aromatic N) is 1. The number of carbonyl (C=O) groups is 2. The molecule has 92 valence electrons. The van der Waals surface area contributed by atoms with Crippen molar-refractivity contribution >= 4 is 11.8 Å². The first-order valence-electron chi connectivity index (χ1n) is 6.03. The molecule has 4 heteroatoms. The predicted molar refractivity (Wildman–Crippen MR) is 62.9 cm³/mol. The summed E-state index contributed by atoms with van der Waals surface area (Å²) >= 11 is 0. The van der Waals surface area contributed by atoms with Crippen molar-refractivity contribution < 1.29 is 9.59 Å². The van der Waals surface area contributed by atoms with Gasteiger partial charge in [-0.15, -0.1) is 0 Å². The SMILES string of the molecule is CCC(C)CN1CC(=O)NC(C)(CC)C1=O. The Kier molecular flexibility index (Phi) is 3.94. The van der Waals surface area contributed by atoms with Crippen LogP contribution >= 0.6 is 0 Å². The summed E-state index contributed by atoms with van der Waals surface area (Å²) in [5.74, 6) is 0.443. The van der Waals surface area contributed by atoms with Gasteiger partial charge in [0.15, 0.2) is 0 Å². The number of carbonyl (C=O) groups excluding carboxylic acids is 2. The monoisotopic (exact) mass is 226 g/mol. The maximum absolute atomic E-state index is 12.2. The van der Waals surface area contributed by atoms with Crippen molar-refractivity contribution in [3.05, 3.63) is 0 Å². The third-order valence-corrected chi connectivity index (χ3v) is 3.45. The number of rotatable bonds is 4. The Bertz CT molecular complexity index is 291. The summed E-state index contributed by atoms with van der Waals surface area (Å²) in [4.78, 5) is 25.4. The molecule has 1 saturated heterocycles. The molecular weight excluding hydrogens is 204 g/mol. The minimum absolute atomic E-state index is 0.0488. The third kappa shape index (κ3) is 2.54. The maximum Gasteiger partial charge on any atom is 0.248 e. The number of piperazine rings is 1. The van der Waals surface area contributed by atoms with Gasteiger partial charge < -0.3 is 10.2 Å². The number of hydrogen-bond acceptors (Lipinski definition) is 2. The summed E-state index contributed by atoms with van der Waals surface area (Å²) in [5.41, 5.74) is -0.706. The maximum atomic E-state index is 12.2. The summed E-state index contributed by atoms with van der Waals surface area (Å²) in [6, 6.07) is 0. The molecule has 2 atom stereocenters. The van der Waals surface area contributed by atoms with Crippen molar-refractivity contribution in [2.24, 2.45) is 5.92 Å². The lowest BCUT2D eigenvalue weighted by Crippen LogP contribution is -2.65. The molecule has 16 heavy (non-hydrogen) atoms. The van der Waals surface area contributed by atoms with Crippen LogP contribution in [0.15, 0.2) is 0 Å². The van der Waals surface area contributed by atoms with Gasteiger partial charge in [0.2, 0.25) is 11.8 Å². The fourth-order valence-corrected chi connectivity index (χ4v) is 1.89. The normalized spacial score (nSPS) is 27.9. The molecule has 4 nitrogen and oxygen atoms in total. The molecule has 1 N–H and O–H groups in total. The summed E-state index contributed by atoms with van der Waals surface area (Å²) < 4.78 is 0. The first-order valence-corrected chi connectivity index (χ1v) is 6.03. The minimum atomic E-state index is -0.706. The minimum Gasteiger partial charge on any atom is -0.340 e. The van der Waals surface area contributed by atoms with E-state index in [0.29, 0.717) is 18.9 Å². The number of nitrogens with one attached hydrogen (secondary N) is 1. The van der Waals surface area contributed by atoms with Crippen LogP contribution in [0.1, 0.15) is 40.5 Å². The van der Waals surface area contributed by atoms with Crippen LogP contribution in [-0.2, 0) is 9.59 Å². The topological polar surface area (TPSA) is 49.4 Å². The second kappa shape index (κ2) is 4.85. The zero-order chi connectivity index (χ0) is 12.3. The first kappa shape index (κ1) is 13.0. The molecule has 0 bridgehead atoms. The second-order valence-electron chi connectivity index (χ2n) is 4.93. The highest BCUT2D eigenvalue weighted by Crippen LogP contribution is 2.19. The standard InChI is InChI=1S/C12H22N2O2/c1-5-9(3)7-14-8-10(15)13-12(4,6-2)11(14)16/h9H,5-8H2,1-4H3,(H,13,15). The van der Waals surface area contributed by atoms with E-state index < -0.39 is 5.54 Å². The Hall–Kier alpha value is -1.06. The van der Waals surface area contributed by atoms with Crippen LogP contribution in [0.5, 0.6) is 0 Å². The van der Waals surface area contributed by atoms with Gasteiger partial charge >= 0.3 is 0 Å². The van der Waals surface area contributed by atoms with Crippen molar-refractivity contribution in [2.45, 2.75) is 46.1 Å². The van der Waals surface area contributed by atoms with E-state index in [1.54, 1.807) is 11.8 Å². The highest BCUT2D eigenvalue weighted by Gasteiger charge is 2.41. The summed E-state index contributed by atoms with van der Waals surface area (Å²) in [6.45, 7) is 8.80. The van der Waals surface area contributed by atoms with Gasteiger partial charge in [-0.25, -0.2) is 0 Å². The molecule has 0 aliphatic carbocycles. The van der Waals surface area contributed by atoms with Crippen LogP contribution in [0.3, 0.4) is 0 Å². The van der Waals surface area contributed by atoms with Gasteiger partial charge in [0.1, 0.15) is 5.54 Å². The fraction of sp³-hybridized carbons (Fsp3) is 0.833. The van der Waals surface area contributed by atoms with E-state index in [1.165, 1.54) is 0 Å². The molecule has 0 radical (unpaired) electrons. The van der Waals surface area contributed by atoms with Gasteiger partial charge in [-0.1, -0.05) is 27.2 Å². The first-order chi connectivity index (χ1) is 7.42. The van der Waals surface area contributed by atoms with Crippen molar-refractivity contribution in [2.75, 3.05) is 13.1 Å². The fourth-order valence-electron chi connectivity index (χ4n) is 1.89. The Morgan fingerprint density at radius 1 is 1.44 bits per heavy atom. The van der Waals surface area contributed by atoms with E-state index in [4.69, 9.17) is 0 Å². The molecule has 2 amide bonds. The third-order valence-electron chi connectivity index (χ3n) is 3.45. The van der Waals surface area contributed by atoms with E-state index in [0.717, 1.165) is 6.42 Å². The van der Waals surface area contributed by atoms with Gasteiger partial charge in [0, 0.05) is 6.54 Å². The smallest absolute Gasteiger partial charge is 0.248 e. The van der Waals surface area contributed by atoms with Crippen molar-refractivity contribution in [1.82, 2.24) is 10.2 Å². The zero-order valence-corrected chi connectivity index (χ0v) is 10.7. The largest absolute Gasteiger partial charge is 0.340 e. The van der Waals surface area contributed by atoms with Crippen LogP contribution < -0.4 is 5.32 Å². The average Bonchev–Trinajstić information content (AvgIpc) is 2.25. The lowest BCUT2D eigenvalue weighted by Gasteiger charge is -2.40. The van der Waals surface area contributed by atoms with Gasteiger partial charge in [0.25, 0.3) is 0 Å². The highest BCUT2D eigenvalue weighted by molar-refractivity contribution is 5.97. The van der Waals surface area contributed by atoms with E-state index in [1.807, 2.05) is 6.92 Å². The van der Waals surface area contributed by atoms with Gasteiger partial charge in [0.05, 0.1) is 6.54 Å². The van der Waals surface area contributed by atoms with Crippen LogP contribution in [0.4, 0.5) is 0 Å². The van der Waals surface area contributed by atoms with Gasteiger partial charge in [-0.05, 0) is 19.3 Å². The predicted octanol–water partition coefficient (Wildman–Crippen LogP) is 1.16. The molecule has 1 aliphatic heterocycles. The van der Waals surface area contributed by atoms with Crippen molar-refractivity contribution in [1.29, 1.82) is 0 Å². The molecule has 1 aliphatic rings. The summed E-state index contributed by atoms with van der Waals surface area (Å²) in [7, 11) is 0. The number of hydrogen-bond donors (Lipinski definition) is 1. The Balaban J connectivity index is 2.77. The van der Waals surface area contributed by atoms with Crippen LogP contribution in [-0.4, -0.2) is 35.3 Å². The Morgan fingerprint density at radius 2 is 2.06 bits per heavy atom. The van der Waals surface area contributed by atoms with Crippen molar-refractivity contribution in [3.8, 4) is 0 Å². The quantitative estimate of drug-likeness (QED) is 0.782. The molecular formula is C12H22N2O2. The number of amides is 2. The van der Waals surface area contributed by atoms with E-state index in [9.17, 15) is 9.59 Å². The molecule has 0 aromatic rings. The molecule has 0 saturated carbocycles. The molecule has 0 spiro atoms.